The zero-order chi connectivity index (χ0) is 14.3. The Balaban J connectivity index is 4.44. The SMILES string of the molecule is CCCN(CC(O)C(O)C(O)C(O)CO)C(=S)S. The van der Waals surface area contributed by atoms with Gasteiger partial charge in [0, 0.05) is 13.1 Å². The molecule has 0 saturated carbocycles. The van der Waals surface area contributed by atoms with Crippen LogP contribution >= 0.6 is 24.8 Å². The van der Waals surface area contributed by atoms with Gasteiger partial charge in [0.2, 0.25) is 0 Å². The number of thiocarbonyl (C=S) groups is 1. The summed E-state index contributed by atoms with van der Waals surface area (Å²) in [6.45, 7) is 1.78. The summed E-state index contributed by atoms with van der Waals surface area (Å²) in [6, 6.07) is 0. The van der Waals surface area contributed by atoms with E-state index in [2.05, 4.69) is 12.6 Å². The van der Waals surface area contributed by atoms with E-state index in [9.17, 15) is 15.3 Å². The maximum atomic E-state index is 9.74. The number of hydrogen-bond acceptors (Lipinski definition) is 6. The van der Waals surface area contributed by atoms with Crippen molar-refractivity contribution in [1.82, 2.24) is 4.90 Å². The summed E-state index contributed by atoms with van der Waals surface area (Å²) in [5.41, 5.74) is 0. The lowest BCUT2D eigenvalue weighted by Crippen LogP contribution is -2.50. The van der Waals surface area contributed by atoms with Gasteiger partial charge in [-0.2, -0.15) is 0 Å². The second kappa shape index (κ2) is 9.03. The molecule has 0 radical (unpaired) electrons. The van der Waals surface area contributed by atoms with Gasteiger partial charge in [-0.15, -0.1) is 12.6 Å². The Labute approximate surface area is 117 Å². The van der Waals surface area contributed by atoms with Crippen LogP contribution in [0.2, 0.25) is 0 Å². The van der Waals surface area contributed by atoms with Crippen LogP contribution in [0.1, 0.15) is 13.3 Å². The van der Waals surface area contributed by atoms with Crippen molar-refractivity contribution in [3.8, 4) is 0 Å². The highest BCUT2D eigenvalue weighted by molar-refractivity contribution is 8.10. The van der Waals surface area contributed by atoms with Gasteiger partial charge in [-0.05, 0) is 6.42 Å². The van der Waals surface area contributed by atoms with Crippen molar-refractivity contribution in [2.75, 3.05) is 19.7 Å². The van der Waals surface area contributed by atoms with Crippen LogP contribution in [0.4, 0.5) is 0 Å². The van der Waals surface area contributed by atoms with Crippen molar-refractivity contribution in [2.24, 2.45) is 0 Å². The topological polar surface area (TPSA) is 104 Å². The molecule has 0 amide bonds. The smallest absolute Gasteiger partial charge is 0.133 e. The van der Waals surface area contributed by atoms with E-state index >= 15 is 0 Å². The molecule has 4 unspecified atom stereocenters. The summed E-state index contributed by atoms with van der Waals surface area (Å²) >= 11 is 8.87. The molecule has 0 spiro atoms. The fourth-order valence-electron chi connectivity index (χ4n) is 1.43. The van der Waals surface area contributed by atoms with Crippen LogP contribution in [-0.2, 0) is 0 Å². The Hall–Kier alpha value is 0.0400. The minimum atomic E-state index is -1.62. The maximum absolute atomic E-state index is 9.74. The molecule has 108 valence electrons. The van der Waals surface area contributed by atoms with Gasteiger partial charge >= 0.3 is 0 Å². The molecule has 6 nitrogen and oxygen atoms in total. The third kappa shape index (κ3) is 5.79. The average Bonchev–Trinajstić information content (AvgIpc) is 2.34. The van der Waals surface area contributed by atoms with Crippen molar-refractivity contribution in [1.29, 1.82) is 0 Å². The summed E-state index contributed by atoms with van der Waals surface area (Å²) in [5, 5.41) is 46.6. The average molecular weight is 299 g/mol. The molecule has 0 aromatic heterocycles. The van der Waals surface area contributed by atoms with Crippen LogP contribution in [-0.4, -0.2) is 78.9 Å². The normalized spacial score (nSPS) is 17.9. The number of aliphatic hydroxyl groups is 5. The molecule has 0 bridgehead atoms. The molecule has 0 aromatic rings. The van der Waals surface area contributed by atoms with E-state index < -0.39 is 31.0 Å². The second-order valence-electron chi connectivity index (χ2n) is 4.03. The number of rotatable bonds is 8. The van der Waals surface area contributed by atoms with E-state index in [1.54, 1.807) is 4.90 Å². The van der Waals surface area contributed by atoms with Gasteiger partial charge in [-0.1, -0.05) is 19.1 Å². The molecule has 0 fully saturated rings. The fourth-order valence-corrected chi connectivity index (χ4v) is 1.78. The van der Waals surface area contributed by atoms with Gasteiger partial charge in [0.25, 0.3) is 0 Å². The minimum Gasteiger partial charge on any atom is -0.394 e. The van der Waals surface area contributed by atoms with Crippen LogP contribution in [0.3, 0.4) is 0 Å². The molecule has 0 aromatic carbocycles. The Morgan fingerprint density at radius 3 is 2.06 bits per heavy atom. The molecular formula is C10H21NO5S2. The van der Waals surface area contributed by atoms with Gasteiger partial charge in [0.1, 0.15) is 22.6 Å². The quantitative estimate of drug-likeness (QED) is 0.236. The standard InChI is InChI=1S/C10H21NO5S2/c1-2-3-11(10(17)18)4-6(13)8(15)9(16)7(14)5-12/h6-9,12-16H,2-5H2,1H3,(H,17,18). The Morgan fingerprint density at radius 1 is 1.17 bits per heavy atom. The van der Waals surface area contributed by atoms with E-state index in [-0.39, 0.29) is 10.9 Å². The van der Waals surface area contributed by atoms with Gasteiger partial charge in [0.15, 0.2) is 0 Å². The van der Waals surface area contributed by atoms with Crippen molar-refractivity contribution in [3.05, 3.63) is 0 Å². The second-order valence-corrected chi connectivity index (χ2v) is 5.14. The molecule has 0 saturated heterocycles. The Kier molecular flexibility index (Phi) is 9.05. The lowest BCUT2D eigenvalue weighted by atomic mass is 10.0. The summed E-state index contributed by atoms with van der Waals surface area (Å²) < 4.78 is 0.278. The van der Waals surface area contributed by atoms with E-state index in [0.29, 0.717) is 6.54 Å². The highest BCUT2D eigenvalue weighted by atomic mass is 32.1. The van der Waals surface area contributed by atoms with Crippen LogP contribution in [0.25, 0.3) is 0 Å². The molecule has 8 heteroatoms. The number of thiol groups is 1. The number of aliphatic hydroxyl groups excluding tert-OH is 5. The van der Waals surface area contributed by atoms with Crippen LogP contribution in [0.15, 0.2) is 0 Å². The first-order valence-electron chi connectivity index (χ1n) is 5.66. The van der Waals surface area contributed by atoms with E-state index in [1.807, 2.05) is 6.92 Å². The number of nitrogens with zero attached hydrogens (tertiary/aromatic N) is 1. The molecule has 18 heavy (non-hydrogen) atoms. The molecule has 0 aliphatic carbocycles. The van der Waals surface area contributed by atoms with Gasteiger partial charge in [0.05, 0.1) is 12.7 Å². The summed E-state index contributed by atoms with van der Waals surface area (Å²) in [7, 11) is 0. The van der Waals surface area contributed by atoms with E-state index in [1.165, 1.54) is 0 Å². The lowest BCUT2D eigenvalue weighted by Gasteiger charge is -2.30. The molecule has 0 aliphatic heterocycles. The van der Waals surface area contributed by atoms with Crippen LogP contribution in [0, 0.1) is 0 Å². The molecule has 4 atom stereocenters. The van der Waals surface area contributed by atoms with Crippen LogP contribution < -0.4 is 0 Å². The van der Waals surface area contributed by atoms with Gasteiger partial charge in [-0.3, -0.25) is 0 Å². The molecule has 5 N–H and O–H groups in total. The summed E-state index contributed by atoms with van der Waals surface area (Å²) in [5.74, 6) is 0. The lowest BCUT2D eigenvalue weighted by molar-refractivity contribution is -0.117. The zero-order valence-corrected chi connectivity index (χ0v) is 11.9. The van der Waals surface area contributed by atoms with Crippen molar-refractivity contribution < 1.29 is 25.5 Å². The first-order valence-corrected chi connectivity index (χ1v) is 6.51. The largest absolute Gasteiger partial charge is 0.394 e. The third-order valence-electron chi connectivity index (χ3n) is 2.50. The predicted molar refractivity (Wildman–Crippen MR) is 74.6 cm³/mol. The van der Waals surface area contributed by atoms with Crippen molar-refractivity contribution in [2.45, 2.75) is 37.8 Å². The number of hydrogen-bond donors (Lipinski definition) is 6. The summed E-state index contributed by atoms with van der Waals surface area (Å²) in [6.07, 6.45) is -5.23. The van der Waals surface area contributed by atoms with E-state index in [0.717, 1.165) is 6.42 Å². The first-order chi connectivity index (χ1) is 8.34. The monoisotopic (exact) mass is 299 g/mol. The maximum Gasteiger partial charge on any atom is 0.133 e. The Bertz CT molecular complexity index is 256. The van der Waals surface area contributed by atoms with Gasteiger partial charge < -0.3 is 30.4 Å². The van der Waals surface area contributed by atoms with Gasteiger partial charge in [-0.25, -0.2) is 0 Å². The molecule has 0 heterocycles. The zero-order valence-electron chi connectivity index (χ0n) is 10.2. The van der Waals surface area contributed by atoms with Crippen molar-refractivity contribution >= 4 is 29.2 Å². The molecular weight excluding hydrogens is 278 g/mol. The first kappa shape index (κ1) is 18.0. The Morgan fingerprint density at radius 2 is 1.67 bits per heavy atom. The van der Waals surface area contributed by atoms with E-state index in [4.69, 9.17) is 22.4 Å². The minimum absolute atomic E-state index is 0.00739. The highest BCUT2D eigenvalue weighted by Crippen LogP contribution is 2.08. The highest BCUT2D eigenvalue weighted by Gasteiger charge is 2.31. The molecule has 0 rings (SSSR count). The fraction of sp³-hybridized carbons (Fsp3) is 0.900. The summed E-state index contributed by atoms with van der Waals surface area (Å²) in [4.78, 5) is 1.57. The third-order valence-corrected chi connectivity index (χ3v) is 3.04. The van der Waals surface area contributed by atoms with Crippen LogP contribution in [0.5, 0.6) is 0 Å². The predicted octanol–water partition coefficient (Wildman–Crippen LogP) is -1.65. The van der Waals surface area contributed by atoms with Crippen molar-refractivity contribution in [3.63, 3.8) is 0 Å². The molecule has 0 aliphatic rings.